The Morgan fingerprint density at radius 1 is 1.50 bits per heavy atom. The summed E-state index contributed by atoms with van der Waals surface area (Å²) < 4.78 is 0.715. The van der Waals surface area contributed by atoms with Crippen LogP contribution in [0.15, 0.2) is 22.7 Å². The number of anilines is 1. The number of aliphatic hydroxyl groups is 1. The molecule has 6 heteroatoms. The van der Waals surface area contributed by atoms with Gasteiger partial charge in [0.25, 0.3) is 0 Å². The molecule has 2 amide bonds. The average molecular weight is 334 g/mol. The Balaban J connectivity index is 1.87. The average Bonchev–Trinajstić information content (AvgIpc) is 2.28. The Hall–Kier alpha value is -0.780. The van der Waals surface area contributed by atoms with Gasteiger partial charge in [0.05, 0.1) is 11.3 Å². The monoisotopic (exact) mass is 332 g/mol. The lowest BCUT2D eigenvalue weighted by Crippen LogP contribution is -2.48. The number of hydrogen-bond donors (Lipinski definition) is 3. The maximum absolute atomic E-state index is 11.6. The zero-order valence-corrected chi connectivity index (χ0v) is 12.0. The van der Waals surface area contributed by atoms with E-state index in [-0.39, 0.29) is 12.6 Å². The van der Waals surface area contributed by atoms with Crippen LogP contribution in [-0.2, 0) is 0 Å². The largest absolute Gasteiger partial charge is 0.388 e. The predicted molar refractivity (Wildman–Crippen MR) is 75.0 cm³/mol. The first-order valence-electron chi connectivity index (χ1n) is 5.71. The van der Waals surface area contributed by atoms with Crippen LogP contribution in [0.5, 0.6) is 0 Å². The smallest absolute Gasteiger partial charge is 0.319 e. The van der Waals surface area contributed by atoms with Gasteiger partial charge >= 0.3 is 6.03 Å². The minimum Gasteiger partial charge on any atom is -0.388 e. The van der Waals surface area contributed by atoms with Gasteiger partial charge in [-0.05, 0) is 53.4 Å². The van der Waals surface area contributed by atoms with Gasteiger partial charge in [0.1, 0.15) is 0 Å². The van der Waals surface area contributed by atoms with E-state index in [1.807, 2.05) is 0 Å². The number of carbonyl (C=O) groups excluding carboxylic acids is 1. The van der Waals surface area contributed by atoms with Crippen LogP contribution in [0, 0.1) is 0 Å². The summed E-state index contributed by atoms with van der Waals surface area (Å²) >= 11 is 9.12. The lowest BCUT2D eigenvalue weighted by atomic mass is 9.80. The summed E-state index contributed by atoms with van der Waals surface area (Å²) in [6.45, 7) is 0.282. The molecule has 0 unspecified atom stereocenters. The molecular formula is C12H14BrClN2O2. The lowest BCUT2D eigenvalue weighted by Gasteiger charge is -2.36. The van der Waals surface area contributed by atoms with E-state index in [9.17, 15) is 9.90 Å². The van der Waals surface area contributed by atoms with E-state index in [0.717, 1.165) is 19.3 Å². The van der Waals surface area contributed by atoms with E-state index < -0.39 is 5.60 Å². The van der Waals surface area contributed by atoms with E-state index in [0.29, 0.717) is 15.2 Å². The van der Waals surface area contributed by atoms with Crippen LogP contribution < -0.4 is 10.6 Å². The van der Waals surface area contributed by atoms with Crippen LogP contribution in [0.2, 0.25) is 5.02 Å². The van der Waals surface area contributed by atoms with Crippen LogP contribution in [-0.4, -0.2) is 23.3 Å². The predicted octanol–water partition coefficient (Wildman–Crippen LogP) is 3.14. The molecule has 0 saturated heterocycles. The molecule has 1 aliphatic rings. The summed E-state index contributed by atoms with van der Waals surface area (Å²) in [6, 6.07) is 4.78. The molecular weight excluding hydrogens is 320 g/mol. The first-order chi connectivity index (χ1) is 8.48. The number of urea groups is 1. The number of rotatable bonds is 3. The Morgan fingerprint density at radius 2 is 2.22 bits per heavy atom. The van der Waals surface area contributed by atoms with Crippen molar-refractivity contribution in [3.05, 3.63) is 27.7 Å². The minimum absolute atomic E-state index is 0.282. The van der Waals surface area contributed by atoms with Gasteiger partial charge in [0.2, 0.25) is 0 Å². The third-order valence-electron chi connectivity index (χ3n) is 3.04. The quantitative estimate of drug-likeness (QED) is 0.796. The molecule has 1 aromatic carbocycles. The standard InChI is InChI=1S/C12H14BrClN2O2/c13-9-6-8(14)2-3-10(9)16-11(17)15-7-12(18)4-1-5-12/h2-3,6,18H,1,4-5,7H2,(H2,15,16,17). The number of nitrogens with one attached hydrogen (secondary N) is 2. The van der Waals surface area contributed by atoms with E-state index in [1.165, 1.54) is 0 Å². The van der Waals surface area contributed by atoms with Crippen molar-refractivity contribution in [3.8, 4) is 0 Å². The number of carbonyl (C=O) groups is 1. The molecule has 0 bridgehead atoms. The van der Waals surface area contributed by atoms with Gasteiger partial charge < -0.3 is 15.7 Å². The fourth-order valence-electron chi connectivity index (χ4n) is 1.76. The van der Waals surface area contributed by atoms with Gasteiger partial charge in [-0.1, -0.05) is 11.6 Å². The molecule has 1 aromatic rings. The first-order valence-corrected chi connectivity index (χ1v) is 6.88. The molecule has 0 atom stereocenters. The minimum atomic E-state index is -0.714. The van der Waals surface area contributed by atoms with Crippen LogP contribution in [0.4, 0.5) is 10.5 Å². The highest BCUT2D eigenvalue weighted by atomic mass is 79.9. The Kier molecular flexibility index (Phi) is 4.14. The van der Waals surface area contributed by atoms with Crippen molar-refractivity contribution in [1.82, 2.24) is 5.32 Å². The van der Waals surface area contributed by atoms with Crippen molar-refractivity contribution in [1.29, 1.82) is 0 Å². The second-order valence-electron chi connectivity index (χ2n) is 4.51. The maximum atomic E-state index is 11.6. The summed E-state index contributed by atoms with van der Waals surface area (Å²) in [5.41, 5.74) is -0.0771. The fourth-order valence-corrected chi connectivity index (χ4v) is 2.55. The van der Waals surface area contributed by atoms with Gasteiger partial charge in [-0.3, -0.25) is 0 Å². The van der Waals surface area contributed by atoms with Crippen LogP contribution in [0.3, 0.4) is 0 Å². The summed E-state index contributed by atoms with van der Waals surface area (Å²) in [5, 5.41) is 15.8. The van der Waals surface area contributed by atoms with Crippen molar-refractivity contribution in [2.75, 3.05) is 11.9 Å². The van der Waals surface area contributed by atoms with E-state index in [4.69, 9.17) is 11.6 Å². The molecule has 0 spiro atoms. The lowest BCUT2D eigenvalue weighted by molar-refractivity contribution is -0.0287. The molecule has 0 aromatic heterocycles. The van der Waals surface area contributed by atoms with Gasteiger partial charge in [-0.2, -0.15) is 0 Å². The Bertz CT molecular complexity index is 463. The highest BCUT2D eigenvalue weighted by Gasteiger charge is 2.34. The molecule has 1 aliphatic carbocycles. The van der Waals surface area contributed by atoms with Gasteiger partial charge in [0, 0.05) is 16.0 Å². The molecule has 2 rings (SSSR count). The number of benzene rings is 1. The molecule has 3 N–H and O–H groups in total. The molecule has 1 saturated carbocycles. The van der Waals surface area contributed by atoms with Crippen molar-refractivity contribution in [2.24, 2.45) is 0 Å². The maximum Gasteiger partial charge on any atom is 0.319 e. The van der Waals surface area contributed by atoms with Crippen molar-refractivity contribution in [2.45, 2.75) is 24.9 Å². The zero-order chi connectivity index (χ0) is 13.2. The molecule has 0 radical (unpaired) electrons. The highest BCUT2D eigenvalue weighted by molar-refractivity contribution is 9.10. The van der Waals surface area contributed by atoms with Crippen LogP contribution in [0.1, 0.15) is 19.3 Å². The second kappa shape index (κ2) is 5.47. The van der Waals surface area contributed by atoms with Gasteiger partial charge in [-0.25, -0.2) is 4.79 Å². The van der Waals surface area contributed by atoms with Gasteiger partial charge in [0.15, 0.2) is 0 Å². The molecule has 4 nitrogen and oxygen atoms in total. The highest BCUT2D eigenvalue weighted by Crippen LogP contribution is 2.30. The van der Waals surface area contributed by atoms with Crippen molar-refractivity contribution in [3.63, 3.8) is 0 Å². The van der Waals surface area contributed by atoms with Crippen LogP contribution in [0.25, 0.3) is 0 Å². The third kappa shape index (κ3) is 3.37. The number of halogens is 2. The molecule has 18 heavy (non-hydrogen) atoms. The Morgan fingerprint density at radius 3 is 2.78 bits per heavy atom. The van der Waals surface area contributed by atoms with Crippen molar-refractivity contribution < 1.29 is 9.90 Å². The zero-order valence-electron chi connectivity index (χ0n) is 9.67. The summed E-state index contributed by atoms with van der Waals surface area (Å²) in [7, 11) is 0. The first kappa shape index (κ1) is 13.6. The normalized spacial score (nSPS) is 16.8. The van der Waals surface area contributed by atoms with Gasteiger partial charge in [-0.15, -0.1) is 0 Å². The summed E-state index contributed by atoms with van der Waals surface area (Å²) in [6.07, 6.45) is 2.51. The van der Waals surface area contributed by atoms with E-state index in [1.54, 1.807) is 18.2 Å². The molecule has 98 valence electrons. The SMILES string of the molecule is O=C(NCC1(O)CCC1)Nc1ccc(Cl)cc1Br. The molecule has 1 fully saturated rings. The fraction of sp³-hybridized carbons (Fsp3) is 0.417. The van der Waals surface area contributed by atoms with Crippen molar-refractivity contribution >= 4 is 39.2 Å². The second-order valence-corrected chi connectivity index (χ2v) is 5.80. The third-order valence-corrected chi connectivity index (χ3v) is 3.93. The molecule has 0 aliphatic heterocycles. The Labute approximate surface area is 119 Å². The summed E-state index contributed by atoms with van der Waals surface area (Å²) in [5.74, 6) is 0. The van der Waals surface area contributed by atoms with E-state index in [2.05, 4.69) is 26.6 Å². The number of amides is 2. The van der Waals surface area contributed by atoms with E-state index >= 15 is 0 Å². The van der Waals surface area contributed by atoms with Crippen LogP contribution >= 0.6 is 27.5 Å². The molecule has 0 heterocycles. The number of hydrogen-bond acceptors (Lipinski definition) is 2. The topological polar surface area (TPSA) is 61.4 Å². The summed E-state index contributed by atoms with van der Waals surface area (Å²) in [4.78, 5) is 11.6.